The molecule has 1 aromatic heterocycles. The minimum Gasteiger partial charge on any atom is -0.363 e. The highest BCUT2D eigenvalue weighted by molar-refractivity contribution is 5.94. The number of aromatic amines is 1. The van der Waals surface area contributed by atoms with Gasteiger partial charge in [-0.1, -0.05) is 6.07 Å². The highest BCUT2D eigenvalue weighted by Gasteiger charge is 2.30. The molecule has 0 saturated carbocycles. The Balaban J connectivity index is 2.15. The van der Waals surface area contributed by atoms with Crippen molar-refractivity contribution in [2.75, 3.05) is 0 Å². The van der Waals surface area contributed by atoms with Gasteiger partial charge in [0.05, 0.1) is 12.1 Å². The summed E-state index contributed by atoms with van der Waals surface area (Å²) < 4.78 is 37.9. The van der Waals surface area contributed by atoms with Crippen molar-refractivity contribution in [3.05, 3.63) is 68.6 Å². The fourth-order valence-electron chi connectivity index (χ4n) is 2.09. The number of alkyl halides is 3. The molecule has 0 aliphatic carbocycles. The lowest BCUT2D eigenvalue weighted by Gasteiger charge is -2.10. The molecule has 0 unspecified atom stereocenters. The molecule has 1 heterocycles. The second-order valence-electron chi connectivity index (χ2n) is 5.17. The van der Waals surface area contributed by atoms with E-state index in [1.807, 2.05) is 0 Å². The van der Waals surface area contributed by atoms with Gasteiger partial charge < -0.3 is 10.3 Å². The lowest BCUT2D eigenvalue weighted by molar-refractivity contribution is -0.137. The van der Waals surface area contributed by atoms with Gasteiger partial charge >= 0.3 is 6.18 Å². The third-order valence-electron chi connectivity index (χ3n) is 3.49. The molecule has 0 atom stereocenters. The topological polar surface area (TPSA) is 62.0 Å². The summed E-state index contributed by atoms with van der Waals surface area (Å²) in [5, 5.41) is 2.50. The van der Waals surface area contributed by atoms with E-state index in [0.717, 1.165) is 12.1 Å². The average Bonchev–Trinajstić information content (AvgIpc) is 2.51. The molecular weight excluding hydrogens is 309 g/mol. The van der Waals surface area contributed by atoms with Crippen LogP contribution in [0.3, 0.4) is 0 Å². The Labute approximate surface area is 130 Å². The van der Waals surface area contributed by atoms with Crippen molar-refractivity contribution in [3.8, 4) is 0 Å². The van der Waals surface area contributed by atoms with E-state index in [0.29, 0.717) is 16.8 Å². The summed E-state index contributed by atoms with van der Waals surface area (Å²) in [6.07, 6.45) is -2.98. The van der Waals surface area contributed by atoms with Crippen molar-refractivity contribution in [2.45, 2.75) is 26.6 Å². The molecule has 0 aliphatic rings. The minimum atomic E-state index is -4.50. The number of aromatic nitrogens is 1. The number of benzene rings is 1. The van der Waals surface area contributed by atoms with E-state index >= 15 is 0 Å². The van der Waals surface area contributed by atoms with E-state index in [9.17, 15) is 22.8 Å². The Kier molecular flexibility index (Phi) is 4.58. The predicted molar refractivity (Wildman–Crippen MR) is 79.2 cm³/mol. The standard InChI is InChI=1S/C16H15F3N2O2/c1-9-7-20-13(10(2)14(9)22)8-21-15(23)11-4-3-5-12(6-11)16(17,18)19/h3-7H,8H2,1-2H3,(H,20,22)(H,21,23). The second kappa shape index (κ2) is 6.28. The third-order valence-corrected chi connectivity index (χ3v) is 3.49. The van der Waals surface area contributed by atoms with Crippen LogP contribution in [-0.2, 0) is 12.7 Å². The van der Waals surface area contributed by atoms with E-state index in [-0.39, 0.29) is 17.5 Å². The van der Waals surface area contributed by atoms with Crippen LogP contribution in [0.25, 0.3) is 0 Å². The summed E-state index contributed by atoms with van der Waals surface area (Å²) in [6, 6.07) is 4.17. The number of amides is 1. The number of carbonyl (C=O) groups excluding carboxylic acids is 1. The Morgan fingerprint density at radius 3 is 2.61 bits per heavy atom. The van der Waals surface area contributed by atoms with Crippen LogP contribution in [0, 0.1) is 13.8 Å². The SMILES string of the molecule is Cc1c[nH]c(CNC(=O)c2cccc(C(F)(F)F)c2)c(C)c1=O. The number of nitrogens with one attached hydrogen (secondary N) is 2. The zero-order valence-corrected chi connectivity index (χ0v) is 12.5. The lowest BCUT2D eigenvalue weighted by atomic mass is 10.1. The Morgan fingerprint density at radius 1 is 1.26 bits per heavy atom. The van der Waals surface area contributed by atoms with Crippen molar-refractivity contribution >= 4 is 5.91 Å². The smallest absolute Gasteiger partial charge is 0.363 e. The first-order valence-corrected chi connectivity index (χ1v) is 6.83. The van der Waals surface area contributed by atoms with E-state index in [1.165, 1.54) is 18.3 Å². The third kappa shape index (κ3) is 3.80. The summed E-state index contributed by atoms with van der Waals surface area (Å²) in [5.41, 5.74) is 0.426. The first-order chi connectivity index (χ1) is 10.7. The van der Waals surface area contributed by atoms with Crippen LogP contribution in [0.5, 0.6) is 0 Å². The molecule has 2 rings (SSSR count). The van der Waals surface area contributed by atoms with Gasteiger partial charge in [0.25, 0.3) is 5.91 Å². The Morgan fingerprint density at radius 2 is 1.96 bits per heavy atom. The maximum Gasteiger partial charge on any atom is 0.416 e. The van der Waals surface area contributed by atoms with Crippen molar-refractivity contribution in [3.63, 3.8) is 0 Å². The Bertz CT molecular complexity index is 795. The first kappa shape index (κ1) is 16.8. The number of halogens is 3. The number of aryl methyl sites for hydroxylation is 1. The first-order valence-electron chi connectivity index (χ1n) is 6.83. The maximum absolute atomic E-state index is 12.6. The van der Waals surface area contributed by atoms with Crippen LogP contribution < -0.4 is 10.7 Å². The van der Waals surface area contributed by atoms with Gasteiger partial charge in [-0.3, -0.25) is 9.59 Å². The average molecular weight is 324 g/mol. The molecule has 0 bridgehead atoms. The molecule has 0 fully saturated rings. The lowest BCUT2D eigenvalue weighted by Crippen LogP contribution is -2.26. The molecule has 0 saturated heterocycles. The molecule has 1 amide bonds. The van der Waals surface area contributed by atoms with Crippen LogP contribution in [0.4, 0.5) is 13.2 Å². The molecule has 0 radical (unpaired) electrons. The zero-order chi connectivity index (χ0) is 17.2. The minimum absolute atomic E-state index is 0.0242. The van der Waals surface area contributed by atoms with Crippen molar-refractivity contribution in [1.82, 2.24) is 10.3 Å². The summed E-state index contributed by atoms with van der Waals surface area (Å²) in [7, 11) is 0. The summed E-state index contributed by atoms with van der Waals surface area (Å²) >= 11 is 0. The monoisotopic (exact) mass is 324 g/mol. The van der Waals surface area contributed by atoms with Crippen molar-refractivity contribution in [1.29, 1.82) is 0 Å². The number of carbonyl (C=O) groups is 1. The molecule has 122 valence electrons. The van der Waals surface area contributed by atoms with E-state index in [2.05, 4.69) is 10.3 Å². The van der Waals surface area contributed by atoms with Crippen LogP contribution in [-0.4, -0.2) is 10.9 Å². The number of hydrogen-bond donors (Lipinski definition) is 2. The largest absolute Gasteiger partial charge is 0.416 e. The highest BCUT2D eigenvalue weighted by Crippen LogP contribution is 2.29. The number of H-pyrrole nitrogens is 1. The van der Waals surface area contributed by atoms with Gasteiger partial charge in [-0.25, -0.2) is 0 Å². The normalized spacial score (nSPS) is 11.3. The number of rotatable bonds is 3. The highest BCUT2D eigenvalue weighted by atomic mass is 19.4. The molecular formula is C16H15F3N2O2. The summed E-state index contributed by atoms with van der Waals surface area (Å²) in [5.74, 6) is -0.642. The van der Waals surface area contributed by atoms with Crippen LogP contribution in [0.15, 0.2) is 35.3 Å². The van der Waals surface area contributed by atoms with E-state index < -0.39 is 17.6 Å². The Hall–Kier alpha value is -2.57. The number of hydrogen-bond acceptors (Lipinski definition) is 2. The number of pyridine rings is 1. The molecule has 23 heavy (non-hydrogen) atoms. The van der Waals surface area contributed by atoms with Gasteiger partial charge in [-0.05, 0) is 32.0 Å². The quantitative estimate of drug-likeness (QED) is 0.912. The molecule has 4 nitrogen and oxygen atoms in total. The van der Waals surface area contributed by atoms with Crippen molar-refractivity contribution in [2.24, 2.45) is 0 Å². The molecule has 1 aromatic carbocycles. The van der Waals surface area contributed by atoms with Gasteiger partial charge in [0.2, 0.25) is 0 Å². The second-order valence-corrected chi connectivity index (χ2v) is 5.17. The summed E-state index contributed by atoms with van der Waals surface area (Å²) in [6.45, 7) is 3.31. The zero-order valence-electron chi connectivity index (χ0n) is 12.5. The van der Waals surface area contributed by atoms with Gasteiger partial charge in [-0.2, -0.15) is 13.2 Å². The van der Waals surface area contributed by atoms with E-state index in [1.54, 1.807) is 13.8 Å². The van der Waals surface area contributed by atoms with E-state index in [4.69, 9.17) is 0 Å². The van der Waals surface area contributed by atoms with Crippen LogP contribution in [0.2, 0.25) is 0 Å². The molecule has 2 aromatic rings. The van der Waals surface area contributed by atoms with Crippen LogP contribution >= 0.6 is 0 Å². The summed E-state index contributed by atoms with van der Waals surface area (Å²) in [4.78, 5) is 26.7. The van der Waals surface area contributed by atoms with Gasteiger partial charge in [0, 0.05) is 28.6 Å². The fraction of sp³-hybridized carbons (Fsp3) is 0.250. The van der Waals surface area contributed by atoms with Gasteiger partial charge in [0.1, 0.15) is 0 Å². The van der Waals surface area contributed by atoms with Gasteiger partial charge in [0.15, 0.2) is 5.43 Å². The fourth-order valence-corrected chi connectivity index (χ4v) is 2.09. The molecule has 0 aliphatic heterocycles. The van der Waals surface area contributed by atoms with Crippen LogP contribution in [0.1, 0.15) is 32.7 Å². The molecule has 2 N–H and O–H groups in total. The predicted octanol–water partition coefficient (Wildman–Crippen LogP) is 2.94. The molecule has 0 spiro atoms. The van der Waals surface area contributed by atoms with Gasteiger partial charge in [-0.15, -0.1) is 0 Å². The van der Waals surface area contributed by atoms with Crippen molar-refractivity contribution < 1.29 is 18.0 Å². The molecule has 7 heteroatoms. The maximum atomic E-state index is 12.6.